The Balaban J connectivity index is 1.98. The van der Waals surface area contributed by atoms with Gasteiger partial charge in [-0.05, 0) is 12.0 Å². The van der Waals surface area contributed by atoms with E-state index in [1.807, 2.05) is 30.4 Å². The van der Waals surface area contributed by atoms with Gasteiger partial charge in [0.2, 0.25) is 0 Å². The fraction of sp³-hybridized carbons (Fsp3) is 0.300. The van der Waals surface area contributed by atoms with E-state index in [4.69, 9.17) is 9.47 Å². The highest BCUT2D eigenvalue weighted by Gasteiger charge is 2.35. The normalized spacial score (nSPS) is 16.9. The molecule has 1 fully saturated rings. The molecule has 2 rings (SSSR count). The van der Waals surface area contributed by atoms with Crippen LogP contribution in [0.25, 0.3) is 0 Å². The SMILES string of the molecule is C=C=C(C/C=C\COCC=C)N1C(=O)OC[C@H]1Cc1ccccc1. The molecule has 4 nitrogen and oxygen atoms in total. The van der Waals surface area contributed by atoms with Gasteiger partial charge in [-0.3, -0.25) is 4.90 Å². The van der Waals surface area contributed by atoms with Gasteiger partial charge in [0.1, 0.15) is 6.61 Å². The van der Waals surface area contributed by atoms with Crippen LogP contribution in [0.2, 0.25) is 0 Å². The largest absolute Gasteiger partial charge is 0.447 e. The summed E-state index contributed by atoms with van der Waals surface area (Å²) in [5, 5.41) is 0. The number of hydrogen-bond donors (Lipinski definition) is 0. The maximum Gasteiger partial charge on any atom is 0.414 e. The number of nitrogens with zero attached hydrogens (tertiary/aromatic N) is 1. The standard InChI is InChI=1S/C20H23NO3/c1-3-13-23-14-9-8-12-18(4-2)21-19(16-24-20(21)22)15-17-10-6-5-7-11-17/h3,5-11,19H,1-2,12-16H2/b9-8-/t19-/m1/s1. The molecule has 0 unspecified atom stereocenters. The van der Waals surface area contributed by atoms with Crippen LogP contribution in [0.3, 0.4) is 0 Å². The van der Waals surface area contributed by atoms with E-state index in [0.29, 0.717) is 26.2 Å². The van der Waals surface area contributed by atoms with Gasteiger partial charge in [-0.1, -0.05) is 55.1 Å². The second-order valence-corrected chi connectivity index (χ2v) is 5.42. The minimum atomic E-state index is -0.335. The van der Waals surface area contributed by atoms with E-state index in [9.17, 15) is 4.79 Å². The quantitative estimate of drug-likeness (QED) is 0.393. The van der Waals surface area contributed by atoms with Crippen molar-refractivity contribution in [3.63, 3.8) is 0 Å². The van der Waals surface area contributed by atoms with Crippen LogP contribution < -0.4 is 0 Å². The average molecular weight is 325 g/mol. The molecule has 24 heavy (non-hydrogen) atoms. The van der Waals surface area contributed by atoms with Crippen LogP contribution in [0.1, 0.15) is 12.0 Å². The number of carbonyl (C=O) groups excluding carboxylic acids is 1. The monoisotopic (exact) mass is 325 g/mol. The topological polar surface area (TPSA) is 38.8 Å². The lowest BCUT2D eigenvalue weighted by molar-refractivity contribution is 0.164. The third kappa shape index (κ3) is 4.98. The van der Waals surface area contributed by atoms with Gasteiger partial charge in [0, 0.05) is 6.42 Å². The molecule has 4 heteroatoms. The maximum absolute atomic E-state index is 12.1. The van der Waals surface area contributed by atoms with Gasteiger partial charge in [0.25, 0.3) is 0 Å². The zero-order valence-electron chi connectivity index (χ0n) is 13.8. The van der Waals surface area contributed by atoms with Crippen molar-refractivity contribution < 1.29 is 14.3 Å². The van der Waals surface area contributed by atoms with E-state index in [1.165, 1.54) is 5.56 Å². The minimum absolute atomic E-state index is 0.0328. The molecule has 1 aromatic carbocycles. The Hall–Kier alpha value is -2.55. The second-order valence-electron chi connectivity index (χ2n) is 5.42. The summed E-state index contributed by atoms with van der Waals surface area (Å²) in [5.41, 5.74) is 4.77. The Bertz CT molecular complexity index is 630. The Labute approximate surface area is 143 Å². The molecule has 1 amide bonds. The zero-order valence-corrected chi connectivity index (χ0v) is 13.8. The zero-order chi connectivity index (χ0) is 17.2. The first-order valence-corrected chi connectivity index (χ1v) is 7.98. The number of allylic oxidation sites excluding steroid dienone is 1. The van der Waals surface area contributed by atoms with Crippen molar-refractivity contribution in [3.8, 4) is 0 Å². The number of carbonyl (C=O) groups is 1. The van der Waals surface area contributed by atoms with Crippen molar-refractivity contribution in [2.45, 2.75) is 18.9 Å². The fourth-order valence-corrected chi connectivity index (χ4v) is 2.57. The first-order valence-electron chi connectivity index (χ1n) is 7.98. The van der Waals surface area contributed by atoms with Gasteiger partial charge in [-0.2, -0.15) is 0 Å². The first-order chi connectivity index (χ1) is 11.8. The van der Waals surface area contributed by atoms with Crippen LogP contribution in [-0.4, -0.2) is 36.9 Å². The van der Waals surface area contributed by atoms with Crippen molar-refractivity contribution in [2.24, 2.45) is 0 Å². The molecule has 0 bridgehead atoms. The highest BCUT2D eigenvalue weighted by atomic mass is 16.6. The van der Waals surface area contributed by atoms with Crippen LogP contribution in [0.4, 0.5) is 4.79 Å². The highest BCUT2D eigenvalue weighted by molar-refractivity contribution is 5.72. The van der Waals surface area contributed by atoms with Crippen molar-refractivity contribution in [1.29, 1.82) is 0 Å². The van der Waals surface area contributed by atoms with E-state index in [-0.39, 0.29) is 12.1 Å². The summed E-state index contributed by atoms with van der Waals surface area (Å²) in [4.78, 5) is 13.8. The summed E-state index contributed by atoms with van der Waals surface area (Å²) in [6.07, 6.45) is 6.53. The van der Waals surface area contributed by atoms with Gasteiger partial charge in [-0.25, -0.2) is 4.79 Å². The molecule has 0 saturated carbocycles. The maximum atomic E-state index is 12.1. The summed E-state index contributed by atoms with van der Waals surface area (Å²) >= 11 is 0. The van der Waals surface area contributed by atoms with Gasteiger partial charge in [0.05, 0.1) is 25.0 Å². The smallest absolute Gasteiger partial charge is 0.414 e. The van der Waals surface area contributed by atoms with Gasteiger partial charge in [0.15, 0.2) is 0 Å². The average Bonchev–Trinajstić information content (AvgIpc) is 2.96. The van der Waals surface area contributed by atoms with Crippen LogP contribution in [0, 0.1) is 0 Å². The third-order valence-corrected chi connectivity index (χ3v) is 3.70. The number of hydrogen-bond acceptors (Lipinski definition) is 3. The lowest BCUT2D eigenvalue weighted by atomic mass is 10.1. The molecule has 0 aromatic heterocycles. The Kier molecular flexibility index (Phi) is 7.09. The molecular formula is C20H23NO3. The highest BCUT2D eigenvalue weighted by Crippen LogP contribution is 2.23. The van der Waals surface area contributed by atoms with Crippen molar-refractivity contribution in [3.05, 3.63) is 78.7 Å². The molecule has 1 atom stereocenters. The predicted molar refractivity (Wildman–Crippen MR) is 94.5 cm³/mol. The second kappa shape index (κ2) is 9.56. The third-order valence-electron chi connectivity index (χ3n) is 3.70. The molecule has 0 aliphatic carbocycles. The van der Waals surface area contributed by atoms with E-state index >= 15 is 0 Å². The van der Waals surface area contributed by atoms with Gasteiger partial charge in [-0.15, -0.1) is 12.3 Å². The summed E-state index contributed by atoms with van der Waals surface area (Å²) in [5.74, 6) is 0. The van der Waals surface area contributed by atoms with Crippen molar-refractivity contribution in [1.82, 2.24) is 4.90 Å². The molecule has 1 aliphatic heterocycles. The molecule has 0 radical (unpaired) electrons. The van der Waals surface area contributed by atoms with E-state index in [2.05, 4.69) is 31.0 Å². The molecular weight excluding hydrogens is 302 g/mol. The number of cyclic esters (lactones) is 1. The molecule has 0 spiro atoms. The number of amides is 1. The lowest BCUT2D eigenvalue weighted by Gasteiger charge is -2.22. The van der Waals surface area contributed by atoms with Crippen LogP contribution in [-0.2, 0) is 15.9 Å². The molecule has 1 aliphatic rings. The molecule has 1 heterocycles. The fourth-order valence-electron chi connectivity index (χ4n) is 2.57. The molecule has 0 N–H and O–H groups in total. The van der Waals surface area contributed by atoms with E-state index < -0.39 is 0 Å². The Morgan fingerprint density at radius 3 is 2.83 bits per heavy atom. The molecule has 1 saturated heterocycles. The van der Waals surface area contributed by atoms with E-state index in [0.717, 1.165) is 12.1 Å². The predicted octanol–water partition coefficient (Wildman–Crippen LogP) is 3.87. The van der Waals surface area contributed by atoms with Crippen LogP contribution in [0.15, 0.2) is 73.1 Å². The number of rotatable bonds is 9. The number of benzene rings is 1. The number of ether oxygens (including phenoxy) is 2. The Morgan fingerprint density at radius 2 is 2.12 bits per heavy atom. The molecule has 1 aromatic rings. The van der Waals surface area contributed by atoms with Crippen LogP contribution >= 0.6 is 0 Å². The van der Waals surface area contributed by atoms with Gasteiger partial charge < -0.3 is 9.47 Å². The van der Waals surface area contributed by atoms with Crippen molar-refractivity contribution in [2.75, 3.05) is 19.8 Å². The summed E-state index contributed by atoms with van der Waals surface area (Å²) in [6.45, 7) is 8.72. The van der Waals surface area contributed by atoms with Crippen molar-refractivity contribution >= 4 is 6.09 Å². The lowest BCUT2D eigenvalue weighted by Crippen LogP contribution is -2.34. The summed E-state index contributed by atoms with van der Waals surface area (Å²) in [6, 6.07) is 10.0. The van der Waals surface area contributed by atoms with Crippen LogP contribution in [0.5, 0.6) is 0 Å². The summed E-state index contributed by atoms with van der Waals surface area (Å²) in [7, 11) is 0. The summed E-state index contributed by atoms with van der Waals surface area (Å²) < 4.78 is 10.5. The minimum Gasteiger partial charge on any atom is -0.447 e. The van der Waals surface area contributed by atoms with Gasteiger partial charge >= 0.3 is 6.09 Å². The Morgan fingerprint density at radius 1 is 1.33 bits per heavy atom. The molecule has 126 valence electrons. The first kappa shape index (κ1) is 17.8. The van der Waals surface area contributed by atoms with E-state index in [1.54, 1.807) is 11.0 Å².